The fourth-order valence-electron chi connectivity index (χ4n) is 2.42. The van der Waals surface area contributed by atoms with Gasteiger partial charge in [0, 0.05) is 17.1 Å². The molecule has 0 amide bonds. The largest absolute Gasteiger partial charge is 1.00 e. The molecule has 0 aliphatic carbocycles. The standard InChI is InChI=1S/C18H16F2N4.CH3O2S.Li/c1-3-5-11(2)23-18-22-10-15(20)17(24-18)13-8-12-6-4-7-21-16(12)14(19)9-13;1-4(2)3;/h4,6-11H,1-3,5H2,(H,22,23,24);1H3;/q-2;-1;+1. The Morgan fingerprint density at radius 1 is 1.21 bits per heavy atom. The van der Waals surface area contributed by atoms with Gasteiger partial charge in [-0.05, 0) is 18.2 Å². The van der Waals surface area contributed by atoms with E-state index in [0.717, 1.165) is 18.9 Å². The Kier molecular flexibility index (Phi) is 10.2. The van der Waals surface area contributed by atoms with Gasteiger partial charge in [-0.3, -0.25) is 4.98 Å². The fourth-order valence-corrected chi connectivity index (χ4v) is 2.42. The van der Waals surface area contributed by atoms with E-state index in [9.17, 15) is 8.78 Å². The van der Waals surface area contributed by atoms with E-state index in [0.29, 0.717) is 17.4 Å². The van der Waals surface area contributed by atoms with Crippen LogP contribution in [-0.4, -0.2) is 27.2 Å². The van der Waals surface area contributed by atoms with E-state index >= 15 is 0 Å². The first-order valence-corrected chi connectivity index (χ1v) is 9.77. The molecule has 0 bridgehead atoms. The van der Waals surface area contributed by atoms with Crippen molar-refractivity contribution < 1.29 is 36.1 Å². The molecule has 6 nitrogen and oxygen atoms in total. The van der Waals surface area contributed by atoms with Gasteiger partial charge in [-0.25, -0.2) is 18.7 Å². The molecule has 0 spiro atoms. The molecule has 2 heterocycles. The smallest absolute Gasteiger partial charge is 0.424 e. The van der Waals surface area contributed by atoms with Gasteiger partial charge in [0.05, 0.1) is 6.20 Å². The van der Waals surface area contributed by atoms with E-state index in [1.165, 1.54) is 12.3 Å². The second-order valence-corrected chi connectivity index (χ2v) is 6.61. The normalized spacial score (nSPS) is 11.4. The van der Waals surface area contributed by atoms with Crippen LogP contribution in [0.2, 0.25) is 0 Å². The second-order valence-electron chi connectivity index (χ2n) is 5.81. The van der Waals surface area contributed by atoms with E-state index in [1.54, 1.807) is 18.2 Å². The zero-order valence-electron chi connectivity index (χ0n) is 16.2. The number of halogens is 2. The molecule has 0 saturated heterocycles. The van der Waals surface area contributed by atoms with Gasteiger partial charge in [0.15, 0.2) is 5.82 Å². The van der Waals surface area contributed by atoms with Gasteiger partial charge in [0.25, 0.3) is 0 Å². The van der Waals surface area contributed by atoms with E-state index in [-0.39, 0.29) is 42.1 Å². The Balaban J connectivity index is 0.000000771. The summed E-state index contributed by atoms with van der Waals surface area (Å²) in [6.07, 6.45) is 5.09. The monoisotopic (exact) mass is 412 g/mol. The number of rotatable bonds is 5. The maximum absolute atomic E-state index is 14.2. The molecular weight excluding hydrogens is 393 g/mol. The minimum atomic E-state index is -1.86. The molecule has 1 aromatic carbocycles. The van der Waals surface area contributed by atoms with Gasteiger partial charge >= 0.3 is 18.9 Å². The third-order valence-corrected chi connectivity index (χ3v) is 3.56. The Morgan fingerprint density at radius 3 is 2.55 bits per heavy atom. The summed E-state index contributed by atoms with van der Waals surface area (Å²) in [6, 6.07) is 6.15. The maximum atomic E-state index is 14.2. The van der Waals surface area contributed by atoms with Crippen LogP contribution in [0.15, 0.2) is 36.7 Å². The van der Waals surface area contributed by atoms with Crippen molar-refractivity contribution in [3.05, 3.63) is 62.1 Å². The Bertz CT molecular complexity index is 1030. The van der Waals surface area contributed by atoms with Gasteiger partial charge in [-0.15, -0.1) is 0 Å². The fraction of sp³-hybridized carbons (Fsp3) is 0.211. The molecule has 3 rings (SSSR count). The summed E-state index contributed by atoms with van der Waals surface area (Å²) in [6.45, 7) is 7.67. The van der Waals surface area contributed by atoms with Crippen LogP contribution in [0.25, 0.3) is 22.2 Å². The summed E-state index contributed by atoms with van der Waals surface area (Å²) in [7, 11) is -1.86. The molecular formula is C19H19F2LiN4O2S-2. The molecule has 0 saturated carbocycles. The maximum Gasteiger partial charge on any atom is 1.00 e. The molecule has 3 aromatic rings. The zero-order chi connectivity index (χ0) is 20.7. The van der Waals surface area contributed by atoms with Gasteiger partial charge in [-0.1, -0.05) is 35.5 Å². The number of pyridine rings is 1. The number of nitrogens with zero attached hydrogens (tertiary/aromatic N) is 3. The Morgan fingerprint density at radius 2 is 1.90 bits per heavy atom. The predicted molar refractivity (Wildman–Crippen MR) is 105 cm³/mol. The summed E-state index contributed by atoms with van der Waals surface area (Å²) < 4.78 is 46.4. The summed E-state index contributed by atoms with van der Waals surface area (Å²) >= 11 is 0. The van der Waals surface area contributed by atoms with Crippen molar-refractivity contribution in [3.63, 3.8) is 0 Å². The molecule has 1 unspecified atom stereocenters. The van der Waals surface area contributed by atoms with Crippen molar-refractivity contribution in [2.75, 3.05) is 11.6 Å². The topological polar surface area (TPSA) is 84.8 Å². The van der Waals surface area contributed by atoms with E-state index in [4.69, 9.17) is 8.42 Å². The van der Waals surface area contributed by atoms with Crippen LogP contribution >= 0.6 is 0 Å². The number of anilines is 1. The van der Waals surface area contributed by atoms with Gasteiger partial charge in [0.1, 0.15) is 17.0 Å². The Labute approximate surface area is 182 Å². The van der Waals surface area contributed by atoms with E-state index in [2.05, 4.69) is 34.1 Å². The van der Waals surface area contributed by atoms with Gasteiger partial charge in [0.2, 0.25) is 5.95 Å². The first-order valence-electron chi connectivity index (χ1n) is 8.28. The quantitative estimate of drug-likeness (QED) is 0.384. The first-order chi connectivity index (χ1) is 13.3. The summed E-state index contributed by atoms with van der Waals surface area (Å²) in [5.74, 6) is -0.907. The summed E-state index contributed by atoms with van der Waals surface area (Å²) in [5.41, 5.74) is 0.593. The molecule has 0 radical (unpaired) electrons. The van der Waals surface area contributed by atoms with Gasteiger partial charge < -0.3 is 27.6 Å². The molecule has 29 heavy (non-hydrogen) atoms. The number of aromatic nitrogens is 3. The van der Waals surface area contributed by atoms with Crippen molar-refractivity contribution >= 4 is 27.6 Å². The van der Waals surface area contributed by atoms with Crippen LogP contribution in [0.4, 0.5) is 14.7 Å². The van der Waals surface area contributed by atoms with Crippen molar-refractivity contribution in [2.24, 2.45) is 0 Å². The van der Waals surface area contributed by atoms with Crippen molar-refractivity contribution in [1.82, 2.24) is 15.0 Å². The van der Waals surface area contributed by atoms with Crippen LogP contribution in [-0.2, 0) is 19.1 Å². The number of hydrogen-bond donors (Lipinski definition) is 1. The van der Waals surface area contributed by atoms with Crippen LogP contribution < -0.4 is 24.2 Å². The molecule has 0 fully saturated rings. The second kappa shape index (κ2) is 11.8. The zero-order valence-corrected chi connectivity index (χ0v) is 17.0. The van der Waals surface area contributed by atoms with Crippen LogP contribution in [0.3, 0.4) is 0 Å². The van der Waals surface area contributed by atoms with Crippen molar-refractivity contribution in [3.8, 4) is 11.3 Å². The van der Waals surface area contributed by atoms with Crippen LogP contribution in [0, 0.1) is 25.5 Å². The molecule has 1 atom stereocenters. The predicted octanol–water partition coefficient (Wildman–Crippen LogP) is 1.13. The van der Waals surface area contributed by atoms with Crippen LogP contribution in [0.1, 0.15) is 12.8 Å². The molecule has 10 heteroatoms. The molecule has 0 aliphatic rings. The first kappa shape index (κ1) is 25.0. The third-order valence-electron chi connectivity index (χ3n) is 3.56. The number of benzene rings is 1. The van der Waals surface area contributed by atoms with E-state index in [1.807, 2.05) is 0 Å². The van der Waals surface area contributed by atoms with Crippen LogP contribution in [0.5, 0.6) is 0 Å². The third kappa shape index (κ3) is 7.35. The number of fused-ring (bicyclic) bond motifs is 1. The van der Waals surface area contributed by atoms with Crippen molar-refractivity contribution in [1.29, 1.82) is 0 Å². The summed E-state index contributed by atoms with van der Waals surface area (Å²) in [4.78, 5) is 12.1. The molecule has 0 aliphatic heterocycles. The summed E-state index contributed by atoms with van der Waals surface area (Å²) in [5, 5.41) is 3.56. The minimum Gasteiger partial charge on any atom is -0.424 e. The molecule has 1 N–H and O–H groups in total. The average molecular weight is 412 g/mol. The molecule has 150 valence electrons. The van der Waals surface area contributed by atoms with Gasteiger partial charge in [-0.2, -0.15) is 6.42 Å². The number of nitrogens with one attached hydrogen (secondary N) is 1. The Hall–Kier alpha value is -2.08. The van der Waals surface area contributed by atoms with E-state index < -0.39 is 22.3 Å². The number of hydrogen-bond acceptors (Lipinski definition) is 7. The SMILES string of the molecule is C[S-](=O)=O.[CH2-]CCC([CH2-])Nc1ncc(F)c(-c2cc(F)c3ncccc3c2)n1.[Li+]. The van der Waals surface area contributed by atoms with Crippen molar-refractivity contribution in [2.45, 2.75) is 18.9 Å². The minimum absolute atomic E-state index is 0. The average Bonchev–Trinajstić information content (AvgIpc) is 2.63. The molecule has 2 aromatic heterocycles.